The summed E-state index contributed by atoms with van der Waals surface area (Å²) in [4.78, 5) is 14.2. The molecule has 0 aliphatic carbocycles. The Labute approximate surface area is 145 Å². The number of aryl methyl sites for hydroxylation is 2. The average molecular weight is 339 g/mol. The zero-order valence-corrected chi connectivity index (χ0v) is 14.3. The second-order valence-electron chi connectivity index (χ2n) is 6.04. The highest BCUT2D eigenvalue weighted by Gasteiger charge is 2.16. The van der Waals surface area contributed by atoms with E-state index in [1.807, 2.05) is 25.5 Å². The molecule has 2 N–H and O–H groups in total. The average Bonchev–Trinajstić information content (AvgIpc) is 3.24. The molecule has 2 heterocycles. The summed E-state index contributed by atoms with van der Waals surface area (Å²) in [5.74, 6) is 0.0122. The number of aromatic hydroxyl groups is 1. The second kappa shape index (κ2) is 7.21. The first-order valence-corrected chi connectivity index (χ1v) is 8.11. The van der Waals surface area contributed by atoms with Crippen molar-refractivity contribution < 1.29 is 9.90 Å². The van der Waals surface area contributed by atoms with Crippen LogP contribution in [0.25, 0.3) is 11.3 Å². The van der Waals surface area contributed by atoms with Gasteiger partial charge in [0.1, 0.15) is 11.4 Å². The summed E-state index contributed by atoms with van der Waals surface area (Å²) in [6, 6.07) is 8.58. The molecule has 0 saturated heterocycles. The van der Waals surface area contributed by atoms with E-state index in [1.165, 1.54) is 0 Å². The Bertz CT molecular complexity index is 868. The van der Waals surface area contributed by atoms with Crippen molar-refractivity contribution >= 4 is 5.91 Å². The Balaban J connectivity index is 1.60. The third-order valence-corrected chi connectivity index (χ3v) is 4.05. The molecule has 25 heavy (non-hydrogen) atoms. The lowest BCUT2D eigenvalue weighted by molar-refractivity contribution is 0.0788. The number of amides is 1. The number of aromatic amines is 1. The number of aromatic nitrogens is 4. The monoisotopic (exact) mass is 339 g/mol. The molecule has 2 aromatic heterocycles. The number of para-hydroxylation sites is 1. The van der Waals surface area contributed by atoms with E-state index in [4.69, 9.17) is 0 Å². The SMILES string of the molecule is CN(CCCc1cnn(C)c1)C(=O)c1cc(-c2ccccc2O)n[nH]1. The number of rotatable bonds is 6. The van der Waals surface area contributed by atoms with Crippen molar-refractivity contribution in [3.8, 4) is 17.0 Å². The van der Waals surface area contributed by atoms with Gasteiger partial charge < -0.3 is 10.0 Å². The Kier molecular flexibility index (Phi) is 4.83. The van der Waals surface area contributed by atoms with E-state index in [-0.39, 0.29) is 11.7 Å². The first-order chi connectivity index (χ1) is 12.0. The molecule has 0 radical (unpaired) electrons. The highest BCUT2D eigenvalue weighted by atomic mass is 16.3. The van der Waals surface area contributed by atoms with Crippen molar-refractivity contribution in [1.29, 1.82) is 0 Å². The van der Waals surface area contributed by atoms with Gasteiger partial charge in [-0.1, -0.05) is 12.1 Å². The van der Waals surface area contributed by atoms with Gasteiger partial charge in [0.15, 0.2) is 0 Å². The van der Waals surface area contributed by atoms with Gasteiger partial charge >= 0.3 is 0 Å². The van der Waals surface area contributed by atoms with Gasteiger partial charge in [-0.2, -0.15) is 10.2 Å². The molecule has 3 rings (SSSR count). The van der Waals surface area contributed by atoms with Gasteiger partial charge in [-0.05, 0) is 36.6 Å². The highest BCUT2D eigenvalue weighted by molar-refractivity contribution is 5.93. The maximum atomic E-state index is 12.5. The molecule has 0 unspecified atom stereocenters. The second-order valence-corrected chi connectivity index (χ2v) is 6.04. The van der Waals surface area contributed by atoms with E-state index in [9.17, 15) is 9.90 Å². The molecule has 0 aliphatic heterocycles. The quantitative estimate of drug-likeness (QED) is 0.721. The van der Waals surface area contributed by atoms with E-state index >= 15 is 0 Å². The standard InChI is InChI=1S/C18H21N5O2/c1-22(9-5-6-13-11-19-23(2)12-13)18(25)16-10-15(20-21-16)14-7-3-4-8-17(14)24/h3-4,7-8,10-12,24H,5-6,9H2,1-2H3,(H,20,21). The van der Waals surface area contributed by atoms with Crippen LogP contribution in [0.2, 0.25) is 0 Å². The van der Waals surface area contributed by atoms with E-state index in [1.54, 1.807) is 40.9 Å². The van der Waals surface area contributed by atoms with Crippen molar-refractivity contribution in [3.63, 3.8) is 0 Å². The number of H-pyrrole nitrogens is 1. The van der Waals surface area contributed by atoms with Gasteiger partial charge in [0.05, 0.1) is 11.9 Å². The molecule has 0 aliphatic rings. The van der Waals surface area contributed by atoms with E-state index in [0.717, 1.165) is 18.4 Å². The molecule has 0 saturated carbocycles. The summed E-state index contributed by atoms with van der Waals surface area (Å²) in [5.41, 5.74) is 2.70. The zero-order chi connectivity index (χ0) is 17.8. The molecule has 7 heteroatoms. The van der Waals surface area contributed by atoms with Crippen molar-refractivity contribution in [2.45, 2.75) is 12.8 Å². The lowest BCUT2D eigenvalue weighted by atomic mass is 10.1. The van der Waals surface area contributed by atoms with Crippen LogP contribution in [-0.2, 0) is 13.5 Å². The van der Waals surface area contributed by atoms with Crippen LogP contribution in [0.15, 0.2) is 42.7 Å². The van der Waals surface area contributed by atoms with Gasteiger partial charge in [0, 0.05) is 32.4 Å². The Morgan fingerprint density at radius 2 is 2.16 bits per heavy atom. The molecular formula is C18H21N5O2. The minimum Gasteiger partial charge on any atom is -0.507 e. The topological polar surface area (TPSA) is 87.0 Å². The number of nitrogens with one attached hydrogen (secondary N) is 1. The van der Waals surface area contributed by atoms with E-state index < -0.39 is 0 Å². The van der Waals surface area contributed by atoms with Crippen molar-refractivity contribution in [1.82, 2.24) is 24.9 Å². The van der Waals surface area contributed by atoms with Gasteiger partial charge in [0.25, 0.3) is 5.91 Å². The first-order valence-electron chi connectivity index (χ1n) is 8.11. The molecule has 0 atom stereocenters. The Morgan fingerprint density at radius 1 is 1.36 bits per heavy atom. The minimum absolute atomic E-state index is 0.125. The van der Waals surface area contributed by atoms with E-state index in [0.29, 0.717) is 23.5 Å². The van der Waals surface area contributed by atoms with Crippen molar-refractivity contribution in [2.75, 3.05) is 13.6 Å². The van der Waals surface area contributed by atoms with Crippen LogP contribution in [0.3, 0.4) is 0 Å². The van der Waals surface area contributed by atoms with Gasteiger partial charge in [-0.3, -0.25) is 14.6 Å². The van der Waals surface area contributed by atoms with Crippen LogP contribution >= 0.6 is 0 Å². The van der Waals surface area contributed by atoms with Crippen molar-refractivity contribution in [3.05, 3.63) is 54.0 Å². The predicted octanol–water partition coefficient (Wildman–Crippen LogP) is 2.22. The minimum atomic E-state index is -0.125. The Morgan fingerprint density at radius 3 is 2.88 bits per heavy atom. The first kappa shape index (κ1) is 16.8. The fraction of sp³-hybridized carbons (Fsp3) is 0.278. The Hall–Kier alpha value is -3.09. The van der Waals surface area contributed by atoms with Gasteiger partial charge in [0.2, 0.25) is 0 Å². The van der Waals surface area contributed by atoms with Crippen LogP contribution in [0.1, 0.15) is 22.5 Å². The fourth-order valence-corrected chi connectivity index (χ4v) is 2.69. The number of phenols is 1. The number of benzene rings is 1. The maximum absolute atomic E-state index is 12.5. The zero-order valence-electron chi connectivity index (χ0n) is 14.3. The van der Waals surface area contributed by atoms with E-state index in [2.05, 4.69) is 15.3 Å². The molecule has 1 amide bonds. The van der Waals surface area contributed by atoms with Crippen LogP contribution in [0.5, 0.6) is 5.75 Å². The summed E-state index contributed by atoms with van der Waals surface area (Å²) in [6.45, 7) is 0.638. The van der Waals surface area contributed by atoms with Crippen molar-refractivity contribution in [2.24, 2.45) is 7.05 Å². The molecule has 3 aromatic rings. The molecular weight excluding hydrogens is 318 g/mol. The van der Waals surface area contributed by atoms with Crippen LogP contribution in [0.4, 0.5) is 0 Å². The predicted molar refractivity (Wildman–Crippen MR) is 94.2 cm³/mol. The largest absolute Gasteiger partial charge is 0.507 e. The third-order valence-electron chi connectivity index (χ3n) is 4.05. The highest BCUT2D eigenvalue weighted by Crippen LogP contribution is 2.27. The molecule has 0 bridgehead atoms. The maximum Gasteiger partial charge on any atom is 0.271 e. The number of carbonyl (C=O) groups excluding carboxylic acids is 1. The molecule has 7 nitrogen and oxygen atoms in total. The normalized spacial score (nSPS) is 10.8. The number of nitrogens with zero attached hydrogens (tertiary/aromatic N) is 4. The fourth-order valence-electron chi connectivity index (χ4n) is 2.69. The van der Waals surface area contributed by atoms with Crippen LogP contribution in [0, 0.1) is 0 Å². The molecule has 0 fully saturated rings. The summed E-state index contributed by atoms with van der Waals surface area (Å²) in [6.07, 6.45) is 5.55. The molecule has 0 spiro atoms. The number of hydrogen-bond acceptors (Lipinski definition) is 4. The van der Waals surface area contributed by atoms with Gasteiger partial charge in [-0.15, -0.1) is 0 Å². The summed E-state index contributed by atoms with van der Waals surface area (Å²) in [7, 11) is 3.66. The number of carbonyl (C=O) groups is 1. The summed E-state index contributed by atoms with van der Waals surface area (Å²) < 4.78 is 1.77. The van der Waals surface area contributed by atoms with Gasteiger partial charge in [-0.25, -0.2) is 0 Å². The van der Waals surface area contributed by atoms with Crippen LogP contribution in [-0.4, -0.2) is 49.5 Å². The smallest absolute Gasteiger partial charge is 0.271 e. The molecule has 130 valence electrons. The number of hydrogen-bond donors (Lipinski definition) is 2. The summed E-state index contributed by atoms with van der Waals surface area (Å²) in [5, 5.41) is 20.9. The third kappa shape index (κ3) is 3.88. The van der Waals surface area contributed by atoms with Crippen LogP contribution < -0.4 is 0 Å². The molecule has 1 aromatic carbocycles. The summed E-state index contributed by atoms with van der Waals surface area (Å²) >= 11 is 0. The lowest BCUT2D eigenvalue weighted by Gasteiger charge is -2.15. The number of phenolic OH excluding ortho intramolecular Hbond substituents is 1. The lowest BCUT2D eigenvalue weighted by Crippen LogP contribution is -2.28.